The van der Waals surface area contributed by atoms with Crippen molar-refractivity contribution in [3.63, 3.8) is 0 Å². The Morgan fingerprint density at radius 2 is 1.90 bits per heavy atom. The molecule has 42 heavy (non-hydrogen) atoms. The average Bonchev–Trinajstić information content (AvgIpc) is 3.35. The summed E-state index contributed by atoms with van der Waals surface area (Å²) < 4.78 is 13.6. The van der Waals surface area contributed by atoms with Gasteiger partial charge in [0.1, 0.15) is 18.1 Å². The van der Waals surface area contributed by atoms with Crippen LogP contribution in [-0.2, 0) is 11.3 Å². The molecule has 8 heteroatoms. The fraction of sp³-hybridized carbons (Fsp3) is 0.441. The number of carbonyl (C=O) groups excluding carboxylic acids is 1. The molecule has 0 bridgehead atoms. The summed E-state index contributed by atoms with van der Waals surface area (Å²) in [5, 5.41) is 18.4. The molecule has 8 nitrogen and oxygen atoms in total. The van der Waals surface area contributed by atoms with E-state index in [0.717, 1.165) is 46.3 Å². The first kappa shape index (κ1) is 32.6. The number of unbranched alkanes of at least 4 members (excludes halogenated alkanes) is 2. The summed E-state index contributed by atoms with van der Waals surface area (Å²) in [7, 11) is 0. The average molecular weight is 575 g/mol. The predicted molar refractivity (Wildman–Crippen MR) is 171 cm³/mol. The van der Waals surface area contributed by atoms with E-state index in [-0.39, 0.29) is 18.8 Å². The molecule has 0 radical (unpaired) electrons. The van der Waals surface area contributed by atoms with Crippen LogP contribution in [0.1, 0.15) is 84.0 Å². The Kier molecular flexibility index (Phi) is 12.8. The van der Waals surface area contributed by atoms with Crippen molar-refractivity contribution >= 4 is 28.8 Å². The van der Waals surface area contributed by atoms with Crippen LogP contribution in [0.15, 0.2) is 71.9 Å². The maximum atomic E-state index is 12.1. The van der Waals surface area contributed by atoms with Gasteiger partial charge < -0.3 is 19.9 Å². The smallest absolute Gasteiger partial charge is 0.407 e. The number of aromatic nitrogens is 2. The maximum absolute atomic E-state index is 12.1. The number of hydrogen-bond donors (Lipinski definition) is 2. The Morgan fingerprint density at radius 3 is 2.62 bits per heavy atom. The van der Waals surface area contributed by atoms with Gasteiger partial charge in [-0.25, -0.2) is 4.79 Å². The van der Waals surface area contributed by atoms with Gasteiger partial charge in [-0.05, 0) is 63.5 Å². The van der Waals surface area contributed by atoms with Crippen LogP contribution in [0.3, 0.4) is 0 Å². The molecule has 0 aliphatic carbocycles. The summed E-state index contributed by atoms with van der Waals surface area (Å²) in [4.78, 5) is 16.4. The summed E-state index contributed by atoms with van der Waals surface area (Å²) in [6.45, 7) is 14.8. The summed E-state index contributed by atoms with van der Waals surface area (Å²) >= 11 is 0. The molecule has 2 aromatic carbocycles. The van der Waals surface area contributed by atoms with Crippen molar-refractivity contribution in [1.29, 1.82) is 0 Å². The summed E-state index contributed by atoms with van der Waals surface area (Å²) in [5.74, 6) is 0.718. The van der Waals surface area contributed by atoms with Gasteiger partial charge in [0, 0.05) is 42.4 Å². The number of nitrogens with one attached hydrogen (secondary N) is 1. The number of hydrogen-bond acceptors (Lipinski definition) is 6. The zero-order valence-corrected chi connectivity index (χ0v) is 25.7. The third-order valence-corrected chi connectivity index (χ3v) is 7.16. The van der Waals surface area contributed by atoms with E-state index in [9.17, 15) is 9.90 Å². The van der Waals surface area contributed by atoms with Crippen LogP contribution in [0.5, 0.6) is 5.75 Å². The van der Waals surface area contributed by atoms with Gasteiger partial charge in [-0.1, -0.05) is 63.1 Å². The summed E-state index contributed by atoms with van der Waals surface area (Å²) in [5.41, 5.74) is 4.15. The molecule has 3 aromatic rings. The Balaban J connectivity index is 1.69. The first-order chi connectivity index (χ1) is 20.2. The highest BCUT2D eigenvalue weighted by atomic mass is 16.5. The molecule has 1 aromatic heterocycles. The number of amides is 1. The number of rotatable bonds is 16. The number of fused-ring (bicyclic) bond motifs is 1. The quantitative estimate of drug-likeness (QED) is 0.135. The van der Waals surface area contributed by atoms with Gasteiger partial charge in [-0.3, -0.25) is 9.67 Å². The van der Waals surface area contributed by atoms with Crippen LogP contribution in [-0.4, -0.2) is 45.9 Å². The van der Waals surface area contributed by atoms with Gasteiger partial charge in [0.15, 0.2) is 0 Å². The Labute approximate surface area is 250 Å². The van der Waals surface area contributed by atoms with Crippen molar-refractivity contribution in [2.75, 3.05) is 6.54 Å². The topological polar surface area (TPSA) is 98.0 Å². The van der Waals surface area contributed by atoms with Gasteiger partial charge in [-0.15, -0.1) is 0 Å². The monoisotopic (exact) mass is 574 g/mol. The molecule has 3 atom stereocenters. The highest BCUT2D eigenvalue weighted by Gasteiger charge is 2.18. The predicted octanol–water partition coefficient (Wildman–Crippen LogP) is 7.63. The first-order valence-corrected chi connectivity index (χ1v) is 14.9. The zero-order valence-electron chi connectivity index (χ0n) is 25.7. The highest BCUT2D eigenvalue weighted by Crippen LogP contribution is 2.31. The Morgan fingerprint density at radius 1 is 1.14 bits per heavy atom. The number of aliphatic hydroxyl groups is 1. The fourth-order valence-electron chi connectivity index (χ4n) is 4.44. The number of carbonyl (C=O) groups is 1. The lowest BCUT2D eigenvalue weighted by atomic mass is 10.1. The third kappa shape index (κ3) is 9.87. The van der Waals surface area contributed by atoms with E-state index in [1.165, 1.54) is 12.8 Å². The summed E-state index contributed by atoms with van der Waals surface area (Å²) in [6.07, 6.45) is 7.35. The van der Waals surface area contributed by atoms with E-state index in [1.54, 1.807) is 19.3 Å². The molecule has 0 fully saturated rings. The van der Waals surface area contributed by atoms with Crippen LogP contribution >= 0.6 is 0 Å². The van der Waals surface area contributed by atoms with E-state index in [0.29, 0.717) is 18.5 Å². The molecule has 0 saturated heterocycles. The SMILES string of the molecule is C=C(C=N/C=C(\C)C(C)O)c1nn(C(C)CCCCC)c2ccc(OC(C)CCNC(=O)OCc3ccccc3)cc12. The van der Waals surface area contributed by atoms with Gasteiger partial charge >= 0.3 is 6.09 Å². The van der Waals surface area contributed by atoms with Crippen molar-refractivity contribution in [2.45, 2.75) is 91.6 Å². The van der Waals surface area contributed by atoms with Crippen molar-refractivity contribution in [3.8, 4) is 5.75 Å². The second kappa shape index (κ2) is 16.5. The molecule has 1 amide bonds. The minimum atomic E-state index is -0.559. The lowest BCUT2D eigenvalue weighted by molar-refractivity contribution is 0.137. The lowest BCUT2D eigenvalue weighted by Crippen LogP contribution is -2.28. The van der Waals surface area contributed by atoms with E-state index < -0.39 is 12.2 Å². The van der Waals surface area contributed by atoms with Crippen LogP contribution in [0.2, 0.25) is 0 Å². The Hall–Kier alpha value is -3.91. The maximum Gasteiger partial charge on any atom is 0.407 e. The molecular formula is C34H46N4O4. The van der Waals surface area contributed by atoms with Crippen molar-refractivity contribution in [2.24, 2.45) is 4.99 Å². The van der Waals surface area contributed by atoms with E-state index in [2.05, 4.69) is 35.4 Å². The van der Waals surface area contributed by atoms with Gasteiger partial charge in [0.05, 0.1) is 17.7 Å². The van der Waals surface area contributed by atoms with Crippen LogP contribution in [0.25, 0.3) is 16.5 Å². The number of alkyl carbamates (subject to hydrolysis) is 1. The normalized spacial score (nSPS) is 14.1. The summed E-state index contributed by atoms with van der Waals surface area (Å²) in [6, 6.07) is 15.8. The molecule has 3 unspecified atom stereocenters. The first-order valence-electron chi connectivity index (χ1n) is 14.9. The molecule has 0 saturated carbocycles. The molecule has 0 aliphatic heterocycles. The number of ether oxygens (including phenoxy) is 2. The van der Waals surface area contributed by atoms with Crippen molar-refractivity contribution < 1.29 is 19.4 Å². The standard InChI is InChI=1S/C34H46N4O4/c1-7-8-10-13-26(4)38-32-17-16-30(20-31(32)33(37-38)25(3)22-35-21-24(2)28(6)39)42-27(5)18-19-36-34(40)41-23-29-14-11-9-12-15-29/h9,11-12,14-17,20-22,26-28,39H,3,7-8,10,13,18-19,23H2,1-2,4-6H3,(H,36,40)/b24-21+,35-22?. The molecule has 1 heterocycles. The molecule has 3 rings (SSSR count). The number of aliphatic imine (C=N–C) groups is 1. The highest BCUT2D eigenvalue weighted by molar-refractivity contribution is 6.13. The number of aliphatic hydroxyl groups excluding tert-OH is 1. The largest absolute Gasteiger partial charge is 0.491 e. The van der Waals surface area contributed by atoms with Gasteiger partial charge in [0.2, 0.25) is 0 Å². The molecule has 2 N–H and O–H groups in total. The fourth-order valence-corrected chi connectivity index (χ4v) is 4.44. The molecule has 0 spiro atoms. The molecular weight excluding hydrogens is 528 g/mol. The van der Waals surface area contributed by atoms with Gasteiger partial charge in [0.25, 0.3) is 0 Å². The van der Waals surface area contributed by atoms with Crippen LogP contribution < -0.4 is 10.1 Å². The molecule has 0 aliphatic rings. The van der Waals surface area contributed by atoms with E-state index in [1.807, 2.05) is 62.4 Å². The van der Waals surface area contributed by atoms with Crippen molar-refractivity contribution in [1.82, 2.24) is 15.1 Å². The number of benzene rings is 2. The minimum absolute atomic E-state index is 0.137. The Bertz CT molecular complexity index is 1360. The zero-order chi connectivity index (χ0) is 30.5. The van der Waals surface area contributed by atoms with Crippen molar-refractivity contribution in [3.05, 3.63) is 78.1 Å². The second-order valence-electron chi connectivity index (χ2n) is 10.9. The number of nitrogens with zero attached hydrogens (tertiary/aromatic N) is 3. The minimum Gasteiger partial charge on any atom is -0.491 e. The van der Waals surface area contributed by atoms with Gasteiger partial charge in [-0.2, -0.15) is 5.10 Å². The molecule has 226 valence electrons. The van der Waals surface area contributed by atoms with E-state index in [4.69, 9.17) is 14.6 Å². The number of allylic oxidation sites excluding steroid dienone is 1. The van der Waals surface area contributed by atoms with E-state index >= 15 is 0 Å². The third-order valence-electron chi connectivity index (χ3n) is 7.16. The van der Waals surface area contributed by atoms with Crippen LogP contribution in [0.4, 0.5) is 4.79 Å². The second-order valence-corrected chi connectivity index (χ2v) is 10.9. The van der Waals surface area contributed by atoms with Crippen LogP contribution in [0, 0.1) is 0 Å². The lowest BCUT2D eigenvalue weighted by Gasteiger charge is -2.16.